The van der Waals surface area contributed by atoms with E-state index in [-0.39, 0.29) is 23.8 Å². The quantitative estimate of drug-likeness (QED) is 0.763. The summed E-state index contributed by atoms with van der Waals surface area (Å²) in [6, 6.07) is -0.254. The van der Waals surface area contributed by atoms with Crippen molar-refractivity contribution in [1.29, 1.82) is 0 Å². The molecule has 0 radical (unpaired) electrons. The lowest BCUT2D eigenvalue weighted by atomic mass is 9.99. The molecule has 2 N–H and O–H groups in total. The van der Waals surface area contributed by atoms with E-state index in [2.05, 4.69) is 5.32 Å². The van der Waals surface area contributed by atoms with Crippen LogP contribution in [-0.4, -0.2) is 47.6 Å². The number of hydrogen-bond donors (Lipinski definition) is 2. The highest BCUT2D eigenvalue weighted by atomic mass is 16.4. The molecule has 3 unspecified atom stereocenters. The second kappa shape index (κ2) is 6.18. The number of carbonyl (C=O) groups excluding carboxylic acids is 1. The highest BCUT2D eigenvalue weighted by Crippen LogP contribution is 2.24. The molecule has 1 heterocycles. The smallest absolute Gasteiger partial charge is 0.308 e. The van der Waals surface area contributed by atoms with E-state index in [1.165, 1.54) is 0 Å². The standard InChI is InChI=1S/C13H24N2O3/c1-8(2)5-14-12(16)10(4)15-6-9(3)11(7-15)13(17)18/h8-11H,5-7H2,1-4H3,(H,14,16)(H,17,18). The number of likely N-dealkylation sites (tertiary alicyclic amines) is 1. The van der Waals surface area contributed by atoms with E-state index in [0.717, 1.165) is 0 Å². The predicted octanol–water partition coefficient (Wildman–Crippen LogP) is 0.800. The Morgan fingerprint density at radius 1 is 1.33 bits per heavy atom. The van der Waals surface area contributed by atoms with Crippen LogP contribution in [0.5, 0.6) is 0 Å². The third-order valence-corrected chi connectivity index (χ3v) is 3.57. The van der Waals surface area contributed by atoms with Crippen molar-refractivity contribution in [1.82, 2.24) is 10.2 Å². The maximum absolute atomic E-state index is 11.9. The molecule has 18 heavy (non-hydrogen) atoms. The molecule has 0 aromatic carbocycles. The number of aliphatic carboxylic acids is 1. The molecule has 1 fully saturated rings. The van der Waals surface area contributed by atoms with E-state index in [0.29, 0.717) is 25.6 Å². The molecule has 1 saturated heterocycles. The molecular weight excluding hydrogens is 232 g/mol. The third kappa shape index (κ3) is 3.70. The molecular formula is C13H24N2O3. The van der Waals surface area contributed by atoms with Crippen molar-refractivity contribution < 1.29 is 14.7 Å². The van der Waals surface area contributed by atoms with Crippen LogP contribution in [0, 0.1) is 17.8 Å². The number of rotatable bonds is 5. The van der Waals surface area contributed by atoms with Gasteiger partial charge in [-0.15, -0.1) is 0 Å². The van der Waals surface area contributed by atoms with Crippen molar-refractivity contribution >= 4 is 11.9 Å². The number of amides is 1. The summed E-state index contributed by atoms with van der Waals surface area (Å²) >= 11 is 0. The summed E-state index contributed by atoms with van der Waals surface area (Å²) in [5.74, 6) is -0.611. The van der Waals surface area contributed by atoms with E-state index in [9.17, 15) is 9.59 Å². The Kier molecular flexibility index (Phi) is 5.14. The summed E-state index contributed by atoms with van der Waals surface area (Å²) < 4.78 is 0. The molecule has 0 aromatic heterocycles. The minimum atomic E-state index is -0.764. The van der Waals surface area contributed by atoms with Crippen LogP contribution in [0.15, 0.2) is 0 Å². The fraction of sp³-hybridized carbons (Fsp3) is 0.846. The second-order valence-electron chi connectivity index (χ2n) is 5.69. The molecule has 5 heteroatoms. The monoisotopic (exact) mass is 256 g/mol. The van der Waals surface area contributed by atoms with Gasteiger partial charge in [0.15, 0.2) is 0 Å². The molecule has 1 amide bonds. The van der Waals surface area contributed by atoms with E-state index in [1.54, 1.807) is 0 Å². The molecule has 1 rings (SSSR count). The predicted molar refractivity (Wildman–Crippen MR) is 69.2 cm³/mol. The zero-order valence-corrected chi connectivity index (χ0v) is 11.6. The van der Waals surface area contributed by atoms with Crippen LogP contribution in [0.2, 0.25) is 0 Å². The molecule has 1 aliphatic heterocycles. The van der Waals surface area contributed by atoms with Gasteiger partial charge in [0, 0.05) is 19.6 Å². The molecule has 104 valence electrons. The Hall–Kier alpha value is -1.10. The molecule has 5 nitrogen and oxygen atoms in total. The van der Waals surface area contributed by atoms with Crippen molar-refractivity contribution in [2.45, 2.75) is 33.7 Å². The first-order valence-electron chi connectivity index (χ1n) is 6.57. The number of carboxylic acid groups (broad SMARTS) is 1. The average molecular weight is 256 g/mol. The maximum Gasteiger partial charge on any atom is 0.308 e. The van der Waals surface area contributed by atoms with Gasteiger partial charge in [-0.2, -0.15) is 0 Å². The Balaban J connectivity index is 2.50. The molecule has 0 aliphatic carbocycles. The van der Waals surface area contributed by atoms with E-state index in [1.807, 2.05) is 32.6 Å². The zero-order valence-electron chi connectivity index (χ0n) is 11.6. The third-order valence-electron chi connectivity index (χ3n) is 3.57. The minimum absolute atomic E-state index is 0.0121. The lowest BCUT2D eigenvalue weighted by Gasteiger charge is -2.23. The first-order valence-corrected chi connectivity index (χ1v) is 6.57. The minimum Gasteiger partial charge on any atom is -0.481 e. The van der Waals surface area contributed by atoms with Gasteiger partial charge in [0.2, 0.25) is 5.91 Å². The Morgan fingerprint density at radius 2 is 1.94 bits per heavy atom. The van der Waals surface area contributed by atoms with Gasteiger partial charge < -0.3 is 10.4 Å². The molecule has 1 aliphatic rings. The molecule has 0 saturated carbocycles. The van der Waals surface area contributed by atoms with Gasteiger partial charge in [-0.3, -0.25) is 14.5 Å². The largest absolute Gasteiger partial charge is 0.481 e. The Bertz CT molecular complexity index is 317. The van der Waals surface area contributed by atoms with Crippen LogP contribution in [-0.2, 0) is 9.59 Å². The molecule has 3 atom stereocenters. The number of nitrogens with zero attached hydrogens (tertiary/aromatic N) is 1. The number of carbonyl (C=O) groups is 2. The SMILES string of the molecule is CC(C)CNC(=O)C(C)N1CC(C)C(C(=O)O)C1. The Morgan fingerprint density at radius 3 is 2.39 bits per heavy atom. The lowest BCUT2D eigenvalue weighted by molar-refractivity contribution is -0.142. The van der Waals surface area contributed by atoms with Gasteiger partial charge in [0.25, 0.3) is 0 Å². The van der Waals surface area contributed by atoms with Crippen molar-refractivity contribution in [3.05, 3.63) is 0 Å². The van der Waals surface area contributed by atoms with Gasteiger partial charge in [0.05, 0.1) is 12.0 Å². The van der Waals surface area contributed by atoms with Crippen LogP contribution in [0.1, 0.15) is 27.7 Å². The van der Waals surface area contributed by atoms with Crippen molar-refractivity contribution in [3.63, 3.8) is 0 Å². The molecule has 0 spiro atoms. The van der Waals surface area contributed by atoms with Crippen LogP contribution < -0.4 is 5.32 Å². The van der Waals surface area contributed by atoms with Gasteiger partial charge >= 0.3 is 5.97 Å². The Labute approximate surface area is 109 Å². The van der Waals surface area contributed by atoms with Crippen molar-refractivity contribution in [2.24, 2.45) is 17.8 Å². The summed E-state index contributed by atoms with van der Waals surface area (Å²) in [6.45, 7) is 9.66. The molecule has 0 aromatic rings. The number of nitrogens with one attached hydrogen (secondary N) is 1. The summed E-state index contributed by atoms with van der Waals surface area (Å²) in [4.78, 5) is 24.9. The summed E-state index contributed by atoms with van der Waals surface area (Å²) in [7, 11) is 0. The molecule has 0 bridgehead atoms. The van der Waals surface area contributed by atoms with Crippen molar-refractivity contribution in [2.75, 3.05) is 19.6 Å². The van der Waals surface area contributed by atoms with E-state index < -0.39 is 5.97 Å². The normalized spacial score (nSPS) is 26.3. The summed E-state index contributed by atoms with van der Waals surface area (Å²) in [5.41, 5.74) is 0. The zero-order chi connectivity index (χ0) is 13.9. The topological polar surface area (TPSA) is 69.6 Å². The maximum atomic E-state index is 11.9. The van der Waals surface area contributed by atoms with Gasteiger partial charge in [-0.25, -0.2) is 0 Å². The van der Waals surface area contributed by atoms with Gasteiger partial charge in [-0.1, -0.05) is 20.8 Å². The number of hydrogen-bond acceptors (Lipinski definition) is 3. The highest BCUT2D eigenvalue weighted by Gasteiger charge is 2.38. The summed E-state index contributed by atoms with van der Waals surface area (Å²) in [6.07, 6.45) is 0. The van der Waals surface area contributed by atoms with Crippen LogP contribution in [0.4, 0.5) is 0 Å². The van der Waals surface area contributed by atoms with Gasteiger partial charge in [0.1, 0.15) is 0 Å². The van der Waals surface area contributed by atoms with Crippen LogP contribution >= 0.6 is 0 Å². The van der Waals surface area contributed by atoms with Crippen LogP contribution in [0.25, 0.3) is 0 Å². The fourth-order valence-corrected chi connectivity index (χ4v) is 2.26. The fourth-order valence-electron chi connectivity index (χ4n) is 2.26. The summed E-state index contributed by atoms with van der Waals surface area (Å²) in [5, 5.41) is 12.0. The second-order valence-corrected chi connectivity index (χ2v) is 5.69. The lowest BCUT2D eigenvalue weighted by Crippen LogP contribution is -2.45. The highest BCUT2D eigenvalue weighted by molar-refractivity contribution is 5.81. The number of carboxylic acids is 1. The average Bonchev–Trinajstić information content (AvgIpc) is 2.67. The van der Waals surface area contributed by atoms with Crippen LogP contribution in [0.3, 0.4) is 0 Å². The first-order chi connectivity index (χ1) is 8.32. The van der Waals surface area contributed by atoms with E-state index in [4.69, 9.17) is 5.11 Å². The van der Waals surface area contributed by atoms with E-state index >= 15 is 0 Å². The first kappa shape index (κ1) is 15.0. The van der Waals surface area contributed by atoms with Crippen molar-refractivity contribution in [3.8, 4) is 0 Å². The van der Waals surface area contributed by atoms with Gasteiger partial charge in [-0.05, 0) is 18.8 Å².